The number of phenolic OH excluding ortho intramolecular Hbond substituents is 1. The fraction of sp³-hybridized carbons (Fsp3) is 0.536. The Morgan fingerprint density at radius 1 is 1.16 bits per heavy atom. The minimum atomic E-state index is -0.225. The van der Waals surface area contributed by atoms with Crippen LogP contribution in [0.25, 0.3) is 0 Å². The molecule has 3 rings (SSSR count). The molecule has 2 aromatic carbocycles. The number of hydrogen-bond acceptors (Lipinski definition) is 3. The van der Waals surface area contributed by atoms with E-state index in [4.69, 9.17) is 0 Å². The Hall–Kier alpha value is -2.49. The summed E-state index contributed by atoms with van der Waals surface area (Å²) in [6.07, 6.45) is 7.24. The Bertz CT molecular complexity index is 949. The van der Waals surface area contributed by atoms with Crippen LogP contribution >= 0.6 is 0 Å². The van der Waals surface area contributed by atoms with Crippen molar-refractivity contribution >= 4 is 11.6 Å². The largest absolute Gasteiger partial charge is 0.507 e. The molecule has 1 aliphatic rings. The summed E-state index contributed by atoms with van der Waals surface area (Å²) in [5, 5.41) is 13.0. The second-order valence-electron chi connectivity index (χ2n) is 10.1. The van der Waals surface area contributed by atoms with Crippen LogP contribution in [0.2, 0.25) is 0 Å². The van der Waals surface area contributed by atoms with Crippen molar-refractivity contribution in [3.05, 3.63) is 58.1 Å². The van der Waals surface area contributed by atoms with Gasteiger partial charge in [-0.15, -0.1) is 0 Å². The van der Waals surface area contributed by atoms with Crippen molar-refractivity contribution in [2.75, 3.05) is 24.5 Å². The molecule has 2 N–H and O–H groups in total. The summed E-state index contributed by atoms with van der Waals surface area (Å²) in [7, 11) is 0. The van der Waals surface area contributed by atoms with Crippen molar-refractivity contribution in [2.45, 2.75) is 73.1 Å². The van der Waals surface area contributed by atoms with Crippen LogP contribution in [0.5, 0.6) is 5.75 Å². The Kier molecular flexibility index (Phi) is 7.86. The number of anilines is 1. The highest BCUT2D eigenvalue weighted by Gasteiger charge is 2.27. The molecule has 1 aliphatic heterocycles. The topological polar surface area (TPSA) is 52.6 Å². The molecule has 1 heterocycles. The first kappa shape index (κ1) is 24.2. The summed E-state index contributed by atoms with van der Waals surface area (Å²) in [6.45, 7) is 14.0. The molecule has 0 saturated heterocycles. The normalized spacial score (nSPS) is 13.3. The second kappa shape index (κ2) is 10.4. The summed E-state index contributed by atoms with van der Waals surface area (Å²) in [6, 6.07) is 9.08. The van der Waals surface area contributed by atoms with Crippen LogP contribution in [0.1, 0.15) is 79.1 Å². The lowest BCUT2D eigenvalue weighted by Gasteiger charge is -2.28. The Balaban J connectivity index is 1.68. The number of fused-ring (bicyclic) bond motifs is 1. The van der Waals surface area contributed by atoms with Crippen molar-refractivity contribution in [3.8, 4) is 5.75 Å². The lowest BCUT2D eigenvalue weighted by atomic mass is 9.81. The van der Waals surface area contributed by atoms with Crippen LogP contribution in [0.15, 0.2) is 30.3 Å². The number of rotatable bonds is 10. The van der Waals surface area contributed by atoms with Gasteiger partial charge < -0.3 is 15.3 Å². The molecule has 1 amide bonds. The van der Waals surface area contributed by atoms with Gasteiger partial charge in [0.2, 0.25) is 0 Å². The van der Waals surface area contributed by atoms with Crippen molar-refractivity contribution < 1.29 is 9.90 Å². The van der Waals surface area contributed by atoms with E-state index in [0.29, 0.717) is 12.1 Å². The summed E-state index contributed by atoms with van der Waals surface area (Å²) < 4.78 is 0. The van der Waals surface area contributed by atoms with Gasteiger partial charge in [-0.2, -0.15) is 0 Å². The van der Waals surface area contributed by atoms with Gasteiger partial charge in [-0.05, 0) is 79.0 Å². The number of benzene rings is 2. The monoisotopic (exact) mass is 436 g/mol. The summed E-state index contributed by atoms with van der Waals surface area (Å²) in [5.41, 5.74) is 7.37. The quantitative estimate of drug-likeness (QED) is 0.453. The number of amides is 1. The van der Waals surface area contributed by atoms with Crippen LogP contribution in [-0.4, -0.2) is 30.6 Å². The van der Waals surface area contributed by atoms with E-state index < -0.39 is 0 Å². The molecule has 0 bridgehead atoms. The maximum Gasteiger partial charge on any atom is 0.255 e. The highest BCUT2D eigenvalue weighted by Crippen LogP contribution is 2.37. The maximum absolute atomic E-state index is 12.5. The first-order valence-electron chi connectivity index (χ1n) is 12.2. The Morgan fingerprint density at radius 3 is 2.62 bits per heavy atom. The van der Waals surface area contributed by atoms with E-state index in [9.17, 15) is 9.90 Å². The van der Waals surface area contributed by atoms with E-state index in [-0.39, 0.29) is 17.1 Å². The number of aromatic hydroxyl groups is 1. The number of nitrogens with one attached hydrogen (secondary N) is 1. The number of nitrogens with zero attached hydrogens (tertiary/aromatic N) is 1. The minimum Gasteiger partial charge on any atom is -0.507 e. The van der Waals surface area contributed by atoms with Crippen LogP contribution in [-0.2, 0) is 12.8 Å². The van der Waals surface area contributed by atoms with Crippen molar-refractivity contribution in [3.63, 3.8) is 0 Å². The highest BCUT2D eigenvalue weighted by atomic mass is 16.3. The molecular formula is C28H40N2O2. The fourth-order valence-electron chi connectivity index (χ4n) is 4.87. The molecular weight excluding hydrogens is 396 g/mol. The molecule has 0 unspecified atom stereocenters. The fourth-order valence-corrected chi connectivity index (χ4v) is 4.87. The third kappa shape index (κ3) is 5.65. The molecule has 0 atom stereocenters. The van der Waals surface area contributed by atoms with Gasteiger partial charge in [0.15, 0.2) is 0 Å². The highest BCUT2D eigenvalue weighted by molar-refractivity contribution is 5.96. The second-order valence-corrected chi connectivity index (χ2v) is 10.1. The van der Waals surface area contributed by atoms with E-state index in [1.54, 1.807) is 24.3 Å². The molecule has 0 radical (unpaired) electrons. The molecule has 0 fully saturated rings. The average molecular weight is 437 g/mol. The lowest BCUT2D eigenvalue weighted by Crippen LogP contribution is -2.35. The Labute approximate surface area is 194 Å². The average Bonchev–Trinajstić information content (AvgIpc) is 3.15. The lowest BCUT2D eigenvalue weighted by molar-refractivity contribution is 0.0933. The smallest absolute Gasteiger partial charge is 0.255 e. The number of aryl methyl sites for hydroxylation is 1. The number of carbonyl (C=O) groups is 1. The van der Waals surface area contributed by atoms with Crippen molar-refractivity contribution in [2.24, 2.45) is 5.41 Å². The number of para-hydroxylation sites is 1. The minimum absolute atomic E-state index is 0.0207. The third-order valence-corrected chi connectivity index (χ3v) is 6.83. The van der Waals surface area contributed by atoms with Gasteiger partial charge in [-0.25, -0.2) is 0 Å². The SMILES string of the molecule is CCCCCCN1CCc2c1cc(C)c(CC(C)(C)CNC(=O)c1ccccc1O)c2C. The van der Waals surface area contributed by atoms with Crippen LogP contribution < -0.4 is 10.2 Å². The zero-order valence-electron chi connectivity index (χ0n) is 20.6. The number of carbonyl (C=O) groups excluding carboxylic acids is 1. The predicted octanol–water partition coefficient (Wildman–Crippen LogP) is 5.95. The van der Waals surface area contributed by atoms with E-state index in [0.717, 1.165) is 25.9 Å². The standard InChI is InChI=1S/C28H40N2O2/c1-6-7-8-11-15-30-16-14-22-21(3)24(20(2)17-25(22)30)18-28(4,5)19-29-27(32)23-12-9-10-13-26(23)31/h9-10,12-13,17,31H,6-8,11,14-16,18-19H2,1-5H3,(H,29,32). The zero-order chi connectivity index (χ0) is 23.3. The molecule has 174 valence electrons. The molecule has 4 heteroatoms. The Morgan fingerprint density at radius 2 is 1.91 bits per heavy atom. The molecule has 0 aliphatic carbocycles. The number of phenols is 1. The van der Waals surface area contributed by atoms with E-state index in [2.05, 4.69) is 50.9 Å². The number of hydrogen-bond donors (Lipinski definition) is 2. The maximum atomic E-state index is 12.5. The summed E-state index contributed by atoms with van der Waals surface area (Å²) in [5.74, 6) is -0.204. The van der Waals surface area contributed by atoms with E-state index in [1.165, 1.54) is 53.6 Å². The summed E-state index contributed by atoms with van der Waals surface area (Å²) >= 11 is 0. The summed E-state index contributed by atoms with van der Waals surface area (Å²) in [4.78, 5) is 15.1. The molecule has 0 saturated carbocycles. The van der Waals surface area contributed by atoms with Crippen molar-refractivity contribution in [1.82, 2.24) is 5.32 Å². The van der Waals surface area contributed by atoms with Gasteiger partial charge >= 0.3 is 0 Å². The first-order chi connectivity index (χ1) is 15.2. The van der Waals surface area contributed by atoms with E-state index in [1.807, 2.05) is 0 Å². The number of unbranched alkanes of at least 4 members (excludes halogenated alkanes) is 3. The molecule has 0 spiro atoms. The van der Waals surface area contributed by atoms with Crippen LogP contribution in [0, 0.1) is 19.3 Å². The molecule has 0 aromatic heterocycles. The van der Waals surface area contributed by atoms with E-state index >= 15 is 0 Å². The van der Waals surface area contributed by atoms with Gasteiger partial charge in [0.25, 0.3) is 5.91 Å². The predicted molar refractivity (Wildman–Crippen MR) is 134 cm³/mol. The zero-order valence-corrected chi connectivity index (χ0v) is 20.6. The van der Waals surface area contributed by atoms with Crippen molar-refractivity contribution in [1.29, 1.82) is 0 Å². The molecule has 4 nitrogen and oxygen atoms in total. The first-order valence-corrected chi connectivity index (χ1v) is 12.2. The molecule has 32 heavy (non-hydrogen) atoms. The van der Waals surface area contributed by atoms with Crippen LogP contribution in [0.4, 0.5) is 5.69 Å². The van der Waals surface area contributed by atoms with Gasteiger partial charge in [-0.1, -0.05) is 52.2 Å². The van der Waals surface area contributed by atoms with Crippen LogP contribution in [0.3, 0.4) is 0 Å². The molecule has 2 aromatic rings. The van der Waals surface area contributed by atoms with Gasteiger partial charge in [-0.3, -0.25) is 4.79 Å². The van der Waals surface area contributed by atoms with Gasteiger partial charge in [0, 0.05) is 25.3 Å². The van der Waals surface area contributed by atoms with Gasteiger partial charge in [0.1, 0.15) is 5.75 Å². The third-order valence-electron chi connectivity index (χ3n) is 6.83. The van der Waals surface area contributed by atoms with Gasteiger partial charge in [0.05, 0.1) is 5.56 Å².